The first-order valence-electron chi connectivity index (χ1n) is 6.13. The van der Waals surface area contributed by atoms with E-state index in [1.807, 2.05) is 6.92 Å². The number of carbonyl (C=O) groups is 1. The molecule has 102 valence electrons. The third-order valence-electron chi connectivity index (χ3n) is 2.71. The second-order valence-corrected chi connectivity index (χ2v) is 4.56. The lowest BCUT2D eigenvalue weighted by Gasteiger charge is -2.26. The number of aliphatic hydroxyl groups is 1. The van der Waals surface area contributed by atoms with E-state index in [9.17, 15) is 4.79 Å². The Labute approximate surface area is 104 Å². The van der Waals surface area contributed by atoms with Crippen molar-refractivity contribution in [2.75, 3.05) is 40.9 Å². The fourth-order valence-electron chi connectivity index (χ4n) is 1.59. The monoisotopic (exact) mass is 246 g/mol. The number of amides is 1. The van der Waals surface area contributed by atoms with Gasteiger partial charge < -0.3 is 19.6 Å². The van der Waals surface area contributed by atoms with Crippen LogP contribution in [0.1, 0.15) is 26.2 Å². The summed E-state index contributed by atoms with van der Waals surface area (Å²) in [4.78, 5) is 15.2. The molecule has 5 heteroatoms. The van der Waals surface area contributed by atoms with Gasteiger partial charge in [-0.3, -0.25) is 0 Å². The van der Waals surface area contributed by atoms with E-state index in [0.717, 1.165) is 25.8 Å². The van der Waals surface area contributed by atoms with Crippen LogP contribution < -0.4 is 0 Å². The number of unbranched alkanes of at least 4 members (excludes halogenated alkanes) is 2. The van der Waals surface area contributed by atoms with Crippen LogP contribution in [0, 0.1) is 0 Å². The van der Waals surface area contributed by atoms with Gasteiger partial charge in [-0.2, -0.15) is 0 Å². The van der Waals surface area contributed by atoms with Gasteiger partial charge in [0.2, 0.25) is 0 Å². The maximum atomic E-state index is 11.5. The molecular formula is C12H26N2O3. The zero-order valence-corrected chi connectivity index (χ0v) is 11.5. The van der Waals surface area contributed by atoms with E-state index in [1.54, 1.807) is 4.90 Å². The van der Waals surface area contributed by atoms with Crippen LogP contribution in [0.25, 0.3) is 0 Å². The number of hydrogen-bond acceptors (Lipinski definition) is 4. The average molecular weight is 246 g/mol. The molecule has 0 saturated heterocycles. The highest BCUT2D eigenvalue weighted by atomic mass is 16.5. The van der Waals surface area contributed by atoms with Gasteiger partial charge in [-0.1, -0.05) is 6.42 Å². The van der Waals surface area contributed by atoms with Gasteiger partial charge in [0, 0.05) is 6.54 Å². The van der Waals surface area contributed by atoms with Crippen LogP contribution in [0.2, 0.25) is 0 Å². The molecule has 1 amide bonds. The molecule has 0 spiro atoms. The first-order chi connectivity index (χ1) is 8.02. The molecule has 1 unspecified atom stereocenters. The zero-order valence-electron chi connectivity index (χ0n) is 11.5. The fourth-order valence-corrected chi connectivity index (χ4v) is 1.59. The summed E-state index contributed by atoms with van der Waals surface area (Å²) in [6.45, 7) is 3.49. The number of rotatable bonds is 8. The molecule has 0 aromatic rings. The molecular weight excluding hydrogens is 220 g/mol. The summed E-state index contributed by atoms with van der Waals surface area (Å²) >= 11 is 0. The Morgan fingerprint density at radius 1 is 1.24 bits per heavy atom. The van der Waals surface area contributed by atoms with Crippen LogP contribution >= 0.6 is 0 Å². The van der Waals surface area contributed by atoms with E-state index < -0.39 is 0 Å². The summed E-state index contributed by atoms with van der Waals surface area (Å²) in [7, 11) is 5.47. The van der Waals surface area contributed by atoms with Crippen LogP contribution in [0.5, 0.6) is 0 Å². The van der Waals surface area contributed by atoms with Gasteiger partial charge >= 0.3 is 6.09 Å². The first-order valence-corrected chi connectivity index (χ1v) is 6.13. The Balaban J connectivity index is 3.88. The summed E-state index contributed by atoms with van der Waals surface area (Å²) in [6.07, 6.45) is 2.77. The van der Waals surface area contributed by atoms with Crippen LogP contribution in [-0.4, -0.2) is 67.9 Å². The van der Waals surface area contributed by atoms with Gasteiger partial charge in [0.1, 0.15) is 0 Å². The molecule has 0 bridgehead atoms. The highest BCUT2D eigenvalue weighted by Crippen LogP contribution is 2.06. The molecule has 1 N–H and O–H groups in total. The second kappa shape index (κ2) is 9.24. The number of carbonyl (C=O) groups excluding carboxylic acids is 1. The Hall–Kier alpha value is -0.810. The molecule has 0 aliphatic carbocycles. The van der Waals surface area contributed by atoms with Crippen LogP contribution in [0.15, 0.2) is 0 Å². The predicted octanol–water partition coefficient (Wildman–Crippen LogP) is 1.17. The van der Waals surface area contributed by atoms with Crippen molar-refractivity contribution in [3.05, 3.63) is 0 Å². The molecule has 1 atom stereocenters. The summed E-state index contributed by atoms with van der Waals surface area (Å²) in [6, 6.07) is -0.184. The van der Waals surface area contributed by atoms with Crippen LogP contribution in [0.4, 0.5) is 4.79 Å². The number of methoxy groups -OCH3 is 1. The highest BCUT2D eigenvalue weighted by molar-refractivity contribution is 5.67. The minimum atomic E-state index is -0.362. The highest BCUT2D eigenvalue weighted by Gasteiger charge is 2.19. The van der Waals surface area contributed by atoms with Gasteiger partial charge in [0.05, 0.1) is 19.8 Å². The van der Waals surface area contributed by atoms with Crippen LogP contribution in [0.3, 0.4) is 0 Å². The summed E-state index contributed by atoms with van der Waals surface area (Å²) in [5.74, 6) is 0. The lowest BCUT2D eigenvalue weighted by atomic mass is 10.2. The first kappa shape index (κ1) is 16.2. The third kappa shape index (κ3) is 7.18. The second-order valence-electron chi connectivity index (χ2n) is 4.56. The normalized spacial score (nSPS) is 12.6. The Kier molecular flexibility index (Phi) is 8.80. The van der Waals surface area contributed by atoms with Gasteiger partial charge in [0.15, 0.2) is 0 Å². The number of hydrogen-bond donors (Lipinski definition) is 1. The maximum absolute atomic E-state index is 11.5. The summed E-state index contributed by atoms with van der Waals surface area (Å²) in [5.41, 5.74) is 0. The lowest BCUT2D eigenvalue weighted by Crippen LogP contribution is -2.41. The Bertz CT molecular complexity index is 210. The molecule has 0 aromatic heterocycles. The molecule has 0 aliphatic heterocycles. The Morgan fingerprint density at radius 2 is 1.82 bits per heavy atom. The van der Waals surface area contributed by atoms with Crippen molar-refractivity contribution in [1.29, 1.82) is 0 Å². The number of nitrogens with zero attached hydrogens (tertiary/aromatic N) is 2. The quantitative estimate of drug-likeness (QED) is 0.653. The molecule has 17 heavy (non-hydrogen) atoms. The lowest BCUT2D eigenvalue weighted by molar-refractivity contribution is 0.0877. The number of ether oxygens (including phenoxy) is 1. The Morgan fingerprint density at radius 3 is 2.29 bits per heavy atom. The average Bonchev–Trinajstić information content (AvgIpc) is 2.31. The maximum Gasteiger partial charge on any atom is 0.409 e. The molecule has 0 rings (SSSR count). The van der Waals surface area contributed by atoms with Crippen molar-refractivity contribution in [2.45, 2.75) is 32.2 Å². The van der Waals surface area contributed by atoms with E-state index in [1.165, 1.54) is 7.11 Å². The van der Waals surface area contributed by atoms with Crippen molar-refractivity contribution in [1.82, 2.24) is 9.80 Å². The molecule has 0 aliphatic rings. The molecule has 0 fully saturated rings. The van der Waals surface area contributed by atoms with E-state index in [-0.39, 0.29) is 18.7 Å². The van der Waals surface area contributed by atoms with E-state index in [0.29, 0.717) is 6.54 Å². The van der Waals surface area contributed by atoms with Crippen molar-refractivity contribution in [2.24, 2.45) is 0 Å². The molecule has 0 saturated carbocycles. The minimum absolute atomic E-state index is 0.0349. The summed E-state index contributed by atoms with van der Waals surface area (Å²) in [5, 5.41) is 9.07. The smallest absolute Gasteiger partial charge is 0.409 e. The fraction of sp³-hybridized carbons (Fsp3) is 0.917. The topological polar surface area (TPSA) is 53.0 Å². The van der Waals surface area contributed by atoms with Gasteiger partial charge in [-0.15, -0.1) is 0 Å². The van der Waals surface area contributed by atoms with Crippen molar-refractivity contribution in [3.63, 3.8) is 0 Å². The standard InChI is InChI=1S/C12H26N2O3/c1-11(10-15)14(12(16)17-4)9-7-5-6-8-13(2)3/h11,15H,5-10H2,1-4H3. The van der Waals surface area contributed by atoms with Crippen molar-refractivity contribution >= 4 is 6.09 Å². The van der Waals surface area contributed by atoms with Gasteiger partial charge in [-0.25, -0.2) is 4.79 Å². The molecule has 0 radical (unpaired) electrons. The largest absolute Gasteiger partial charge is 0.453 e. The van der Waals surface area contributed by atoms with Gasteiger partial charge in [0.25, 0.3) is 0 Å². The van der Waals surface area contributed by atoms with Gasteiger partial charge in [-0.05, 0) is 40.4 Å². The van der Waals surface area contributed by atoms with E-state index in [2.05, 4.69) is 19.0 Å². The van der Waals surface area contributed by atoms with Crippen LogP contribution in [-0.2, 0) is 4.74 Å². The van der Waals surface area contributed by atoms with E-state index >= 15 is 0 Å². The van der Waals surface area contributed by atoms with E-state index in [4.69, 9.17) is 9.84 Å². The predicted molar refractivity (Wildman–Crippen MR) is 68.1 cm³/mol. The van der Waals surface area contributed by atoms with Crippen molar-refractivity contribution < 1.29 is 14.6 Å². The minimum Gasteiger partial charge on any atom is -0.453 e. The molecule has 0 heterocycles. The summed E-state index contributed by atoms with van der Waals surface area (Å²) < 4.78 is 4.70. The van der Waals surface area contributed by atoms with Crippen molar-refractivity contribution in [3.8, 4) is 0 Å². The third-order valence-corrected chi connectivity index (χ3v) is 2.71. The number of aliphatic hydroxyl groups excluding tert-OH is 1. The zero-order chi connectivity index (χ0) is 13.3. The molecule has 0 aromatic carbocycles. The SMILES string of the molecule is COC(=O)N(CCCCCN(C)C)C(C)CO. The molecule has 5 nitrogen and oxygen atoms in total.